The third-order valence-electron chi connectivity index (χ3n) is 2.27. The maximum absolute atomic E-state index is 8.29. The Morgan fingerprint density at radius 3 is 2.56 bits per heavy atom. The zero-order valence-corrected chi connectivity index (χ0v) is 11.2. The van der Waals surface area contributed by atoms with Gasteiger partial charge in [0.25, 0.3) is 0 Å². The molecule has 1 aromatic heterocycles. The predicted molar refractivity (Wildman–Crippen MR) is 73.5 cm³/mol. The number of unbranched alkanes of at least 4 members (excludes halogenated alkanes) is 1. The monoisotopic (exact) mass is 260 g/mol. The van der Waals surface area contributed by atoms with Gasteiger partial charge in [0.1, 0.15) is 6.33 Å². The lowest BCUT2D eigenvalue weighted by molar-refractivity contribution is 0.624. The average molecular weight is 260 g/mol. The number of nitriles is 1. The Morgan fingerprint density at radius 1 is 1.39 bits per heavy atom. The van der Waals surface area contributed by atoms with Crippen molar-refractivity contribution in [2.24, 2.45) is 0 Å². The van der Waals surface area contributed by atoms with Crippen LogP contribution in [0.25, 0.3) is 0 Å². The second kappa shape index (κ2) is 8.20. The van der Waals surface area contributed by atoms with Crippen molar-refractivity contribution in [3.63, 3.8) is 0 Å². The Kier molecular flexibility index (Phi) is 6.44. The van der Waals surface area contributed by atoms with E-state index in [0.29, 0.717) is 10.3 Å². The predicted octanol–water partition coefficient (Wildman–Crippen LogP) is 3.30. The van der Waals surface area contributed by atoms with Crippen LogP contribution in [0.15, 0.2) is 36.7 Å². The highest BCUT2D eigenvalue weighted by atomic mass is 32.1. The van der Waals surface area contributed by atoms with Crippen molar-refractivity contribution in [2.75, 3.05) is 0 Å². The topological polar surface area (TPSA) is 57.4 Å². The average Bonchev–Trinajstić information content (AvgIpc) is 2.83. The molecule has 18 heavy (non-hydrogen) atoms. The van der Waals surface area contributed by atoms with Gasteiger partial charge in [0.05, 0.1) is 11.6 Å². The molecule has 0 aliphatic heterocycles. The molecule has 94 valence electrons. The van der Waals surface area contributed by atoms with Crippen LogP contribution < -0.4 is 0 Å². The van der Waals surface area contributed by atoms with Gasteiger partial charge in [-0.05, 0) is 30.8 Å². The summed E-state index contributed by atoms with van der Waals surface area (Å²) in [7, 11) is 0. The summed E-state index contributed by atoms with van der Waals surface area (Å²) in [5, 5.41) is 14.8. The first-order chi connectivity index (χ1) is 8.77. The summed E-state index contributed by atoms with van der Waals surface area (Å²) < 4.78 is 2.66. The normalized spacial score (nSPS) is 9.11. The van der Waals surface area contributed by atoms with E-state index in [1.54, 1.807) is 18.5 Å². The molecular weight excluding hydrogens is 244 g/mol. The van der Waals surface area contributed by atoms with Gasteiger partial charge < -0.3 is 4.57 Å². The van der Waals surface area contributed by atoms with Crippen LogP contribution in [0.3, 0.4) is 0 Å². The number of benzene rings is 1. The van der Waals surface area contributed by atoms with Crippen molar-refractivity contribution in [1.82, 2.24) is 14.8 Å². The molecule has 0 fully saturated rings. The Labute approximate surface area is 112 Å². The fourth-order valence-electron chi connectivity index (χ4n) is 1.27. The fraction of sp³-hybridized carbons (Fsp3) is 0.308. The van der Waals surface area contributed by atoms with E-state index >= 15 is 0 Å². The second-order valence-corrected chi connectivity index (χ2v) is 4.07. The quantitative estimate of drug-likeness (QED) is 0.861. The molecule has 0 saturated carbocycles. The molecule has 0 atom stereocenters. The molecule has 4 nitrogen and oxygen atoms in total. The summed E-state index contributed by atoms with van der Waals surface area (Å²) in [6.45, 7) is 3.13. The van der Waals surface area contributed by atoms with Gasteiger partial charge in [-0.3, -0.25) is 5.10 Å². The van der Waals surface area contributed by atoms with Crippen LogP contribution in [0.5, 0.6) is 0 Å². The molecule has 0 bridgehead atoms. The molecule has 0 spiro atoms. The highest BCUT2D eigenvalue weighted by Gasteiger charge is 1.90. The Morgan fingerprint density at radius 2 is 2.11 bits per heavy atom. The van der Waals surface area contributed by atoms with Gasteiger partial charge in [0.15, 0.2) is 4.77 Å². The fourth-order valence-corrected chi connectivity index (χ4v) is 1.46. The van der Waals surface area contributed by atoms with E-state index in [9.17, 15) is 0 Å². The number of H-pyrrole nitrogens is 1. The molecule has 1 aromatic carbocycles. The Bertz CT molecular complexity index is 536. The maximum atomic E-state index is 8.29. The molecule has 0 aliphatic carbocycles. The summed E-state index contributed by atoms with van der Waals surface area (Å²) in [6, 6.07) is 11.2. The zero-order chi connectivity index (χ0) is 13.2. The van der Waals surface area contributed by atoms with Crippen LogP contribution in [0.1, 0.15) is 25.3 Å². The highest BCUT2D eigenvalue weighted by molar-refractivity contribution is 7.71. The smallest absolute Gasteiger partial charge is 0.194 e. The van der Waals surface area contributed by atoms with E-state index in [2.05, 4.69) is 17.1 Å². The van der Waals surface area contributed by atoms with Crippen molar-refractivity contribution in [1.29, 1.82) is 5.26 Å². The number of nitrogens with one attached hydrogen (secondary N) is 1. The van der Waals surface area contributed by atoms with E-state index in [-0.39, 0.29) is 0 Å². The Hall–Kier alpha value is -1.93. The number of aromatic amines is 1. The molecule has 0 saturated heterocycles. The van der Waals surface area contributed by atoms with Crippen molar-refractivity contribution in [3.8, 4) is 6.07 Å². The van der Waals surface area contributed by atoms with Gasteiger partial charge >= 0.3 is 0 Å². The second-order valence-electron chi connectivity index (χ2n) is 3.69. The molecule has 0 aliphatic rings. The van der Waals surface area contributed by atoms with E-state index < -0.39 is 0 Å². The summed E-state index contributed by atoms with van der Waals surface area (Å²) in [5.74, 6) is 0. The largest absolute Gasteiger partial charge is 0.307 e. The van der Waals surface area contributed by atoms with Gasteiger partial charge in [-0.2, -0.15) is 10.4 Å². The SMILES string of the molecule is CCCCn1cn[nH]c1=S.N#Cc1ccccc1. The number of nitrogens with zero attached hydrogens (tertiary/aromatic N) is 3. The van der Waals surface area contributed by atoms with Gasteiger partial charge in [0, 0.05) is 6.54 Å². The van der Waals surface area contributed by atoms with Crippen molar-refractivity contribution < 1.29 is 0 Å². The van der Waals surface area contributed by atoms with E-state index in [4.69, 9.17) is 17.5 Å². The van der Waals surface area contributed by atoms with Crippen molar-refractivity contribution in [2.45, 2.75) is 26.3 Å². The molecule has 1 N–H and O–H groups in total. The van der Waals surface area contributed by atoms with Crippen LogP contribution in [-0.2, 0) is 6.54 Å². The molecule has 5 heteroatoms. The van der Waals surface area contributed by atoms with Crippen LogP contribution in [0.4, 0.5) is 0 Å². The van der Waals surface area contributed by atoms with Gasteiger partial charge in [-0.25, -0.2) is 0 Å². The highest BCUT2D eigenvalue weighted by Crippen LogP contribution is 1.94. The van der Waals surface area contributed by atoms with Gasteiger partial charge in [-0.1, -0.05) is 31.5 Å². The number of aryl methyl sites for hydroxylation is 1. The first-order valence-electron chi connectivity index (χ1n) is 5.83. The van der Waals surface area contributed by atoms with Crippen LogP contribution in [0.2, 0.25) is 0 Å². The molecule has 0 unspecified atom stereocenters. The van der Waals surface area contributed by atoms with Gasteiger partial charge in [0.2, 0.25) is 0 Å². The number of hydrogen-bond acceptors (Lipinski definition) is 3. The Balaban J connectivity index is 0.000000184. The first kappa shape index (κ1) is 14.1. The van der Waals surface area contributed by atoms with Crippen molar-refractivity contribution >= 4 is 12.2 Å². The van der Waals surface area contributed by atoms with E-state index in [1.165, 1.54) is 6.42 Å². The van der Waals surface area contributed by atoms with Crippen LogP contribution >= 0.6 is 12.2 Å². The molecule has 1 heterocycles. The lowest BCUT2D eigenvalue weighted by atomic mass is 10.2. The maximum Gasteiger partial charge on any atom is 0.194 e. The lowest BCUT2D eigenvalue weighted by Crippen LogP contribution is -1.94. The molecule has 0 amide bonds. The van der Waals surface area contributed by atoms with Crippen molar-refractivity contribution in [3.05, 3.63) is 47.0 Å². The van der Waals surface area contributed by atoms with Crippen LogP contribution in [-0.4, -0.2) is 14.8 Å². The summed E-state index contributed by atoms with van der Waals surface area (Å²) in [5.41, 5.74) is 0.715. The number of aromatic nitrogens is 3. The molecular formula is C13H16N4S. The first-order valence-corrected chi connectivity index (χ1v) is 6.23. The molecule has 0 radical (unpaired) electrons. The van der Waals surface area contributed by atoms with Gasteiger partial charge in [-0.15, -0.1) is 0 Å². The molecule has 2 rings (SSSR count). The van der Waals surface area contributed by atoms with E-state index in [0.717, 1.165) is 13.0 Å². The number of rotatable bonds is 3. The summed E-state index contributed by atoms with van der Waals surface area (Å²) >= 11 is 4.94. The zero-order valence-electron chi connectivity index (χ0n) is 10.3. The van der Waals surface area contributed by atoms with Crippen LogP contribution in [0, 0.1) is 16.1 Å². The van der Waals surface area contributed by atoms with E-state index in [1.807, 2.05) is 28.8 Å². The standard InChI is InChI=1S/C7H5N.C6H11N3S/c8-6-7-4-2-1-3-5-7;1-2-3-4-9-5-7-8-6(9)10/h1-5H;5H,2-4H2,1H3,(H,8,10). The lowest BCUT2D eigenvalue weighted by Gasteiger charge is -1.96. The number of hydrogen-bond donors (Lipinski definition) is 1. The minimum atomic E-state index is 0.715. The third kappa shape index (κ3) is 4.93. The third-order valence-corrected chi connectivity index (χ3v) is 2.60. The molecule has 2 aromatic rings. The minimum absolute atomic E-state index is 0.715. The summed E-state index contributed by atoms with van der Waals surface area (Å²) in [4.78, 5) is 0. The minimum Gasteiger partial charge on any atom is -0.307 e. The summed E-state index contributed by atoms with van der Waals surface area (Å²) in [6.07, 6.45) is 4.08.